The average molecular weight is 426 g/mol. The average Bonchev–Trinajstić information content (AvgIpc) is 3.11. The normalized spacial score (nSPS) is 23.4. The molecule has 1 aromatic rings. The number of unbranched alkanes of at least 4 members (excludes halogenated alkanes) is 2. The monoisotopic (exact) mass is 425 g/mol. The molecule has 2 aliphatic heterocycles. The second-order valence-electron chi connectivity index (χ2n) is 6.70. The fourth-order valence-electron chi connectivity index (χ4n) is 3.18. The fourth-order valence-corrected chi connectivity index (χ4v) is 6.27. The fraction of sp³-hybridized carbons (Fsp3) is 0.474. The Hall–Kier alpha value is -1.38. The lowest BCUT2D eigenvalue weighted by Crippen LogP contribution is -2.39. The number of ether oxygens (including phenoxy) is 1. The Morgan fingerprint density at radius 3 is 2.81 bits per heavy atom. The minimum Gasteiger partial charge on any atom is -0.493 e. The van der Waals surface area contributed by atoms with Crippen LogP contribution in [-0.2, 0) is 14.6 Å². The summed E-state index contributed by atoms with van der Waals surface area (Å²) < 4.78 is 29.8. The van der Waals surface area contributed by atoms with Crippen molar-refractivity contribution < 1.29 is 17.9 Å². The molecule has 0 radical (unpaired) electrons. The van der Waals surface area contributed by atoms with Crippen LogP contribution in [0.25, 0.3) is 6.08 Å². The van der Waals surface area contributed by atoms with Gasteiger partial charge in [0.1, 0.15) is 10.1 Å². The summed E-state index contributed by atoms with van der Waals surface area (Å²) in [6, 6.07) is 7.24. The molecule has 1 unspecified atom stereocenters. The molecular weight excluding hydrogens is 402 g/mol. The van der Waals surface area contributed by atoms with Crippen LogP contribution in [0.2, 0.25) is 0 Å². The number of carbonyl (C=O) groups excluding carboxylic acids is 1. The van der Waals surface area contributed by atoms with E-state index in [1.807, 2.05) is 24.3 Å². The Labute approximate surface area is 170 Å². The van der Waals surface area contributed by atoms with Gasteiger partial charge in [-0.2, -0.15) is 0 Å². The maximum Gasteiger partial charge on any atom is 0.266 e. The standard InChI is InChI=1S/C19H23NO4S3/c1-2-3-6-10-24-16-8-5-4-7-14(16)12-17-18(21)20(19(25)26-17)15-9-11-27(22,23)13-15/h4-5,7-8,12,15H,2-3,6,9-11,13H2,1H3. The highest BCUT2D eigenvalue weighted by atomic mass is 32.2. The summed E-state index contributed by atoms with van der Waals surface area (Å²) in [5, 5.41) is 0. The molecule has 1 amide bonds. The van der Waals surface area contributed by atoms with Crippen LogP contribution in [0.15, 0.2) is 29.2 Å². The molecule has 3 rings (SSSR count). The van der Waals surface area contributed by atoms with Crippen molar-refractivity contribution in [1.82, 2.24) is 4.90 Å². The van der Waals surface area contributed by atoms with Gasteiger partial charge in [0.25, 0.3) is 5.91 Å². The summed E-state index contributed by atoms with van der Waals surface area (Å²) in [7, 11) is -3.08. The van der Waals surface area contributed by atoms with E-state index in [0.717, 1.165) is 30.6 Å². The van der Waals surface area contributed by atoms with Gasteiger partial charge >= 0.3 is 0 Å². The number of benzene rings is 1. The van der Waals surface area contributed by atoms with Gasteiger partial charge < -0.3 is 4.74 Å². The van der Waals surface area contributed by atoms with Crippen LogP contribution in [0.3, 0.4) is 0 Å². The third kappa shape index (κ3) is 4.92. The Balaban J connectivity index is 1.76. The maximum atomic E-state index is 12.8. The summed E-state index contributed by atoms with van der Waals surface area (Å²) in [6.45, 7) is 2.78. The molecule has 8 heteroatoms. The molecule has 0 aliphatic carbocycles. The van der Waals surface area contributed by atoms with Crippen LogP contribution in [0.1, 0.15) is 38.2 Å². The molecule has 0 bridgehead atoms. The third-order valence-corrected chi connectivity index (χ3v) is 7.69. The number of nitrogens with zero attached hydrogens (tertiary/aromatic N) is 1. The van der Waals surface area contributed by atoms with Crippen molar-refractivity contribution in [3.05, 3.63) is 34.7 Å². The largest absolute Gasteiger partial charge is 0.493 e. The first-order chi connectivity index (χ1) is 12.9. The summed E-state index contributed by atoms with van der Waals surface area (Å²) in [5.74, 6) is 0.627. The second-order valence-corrected chi connectivity index (χ2v) is 10.6. The number of para-hydroxylation sites is 1. The highest BCUT2D eigenvalue weighted by Crippen LogP contribution is 2.37. The molecule has 1 atom stereocenters. The first kappa shape index (κ1) is 20.4. The van der Waals surface area contributed by atoms with Gasteiger partial charge in [0.15, 0.2) is 9.84 Å². The summed E-state index contributed by atoms with van der Waals surface area (Å²) in [6.07, 6.45) is 5.47. The lowest BCUT2D eigenvalue weighted by atomic mass is 10.1. The zero-order valence-corrected chi connectivity index (χ0v) is 17.7. The smallest absolute Gasteiger partial charge is 0.266 e. The predicted octanol–water partition coefficient (Wildman–Crippen LogP) is 3.64. The van der Waals surface area contributed by atoms with E-state index in [2.05, 4.69) is 6.92 Å². The number of carbonyl (C=O) groups is 1. The summed E-state index contributed by atoms with van der Waals surface area (Å²) in [5.41, 5.74) is 0.827. The van der Waals surface area contributed by atoms with E-state index in [-0.39, 0.29) is 23.5 Å². The Morgan fingerprint density at radius 1 is 1.33 bits per heavy atom. The topological polar surface area (TPSA) is 63.7 Å². The van der Waals surface area contributed by atoms with Crippen LogP contribution in [0, 0.1) is 0 Å². The molecule has 0 spiro atoms. The van der Waals surface area contributed by atoms with Crippen LogP contribution < -0.4 is 4.74 Å². The van der Waals surface area contributed by atoms with Crippen molar-refractivity contribution >= 4 is 50.1 Å². The zero-order chi connectivity index (χ0) is 19.4. The minimum absolute atomic E-state index is 0.0101. The maximum absolute atomic E-state index is 12.8. The van der Waals surface area contributed by atoms with E-state index in [9.17, 15) is 13.2 Å². The highest BCUT2D eigenvalue weighted by Gasteiger charge is 2.42. The second kappa shape index (κ2) is 8.75. The van der Waals surface area contributed by atoms with Crippen molar-refractivity contribution in [2.24, 2.45) is 0 Å². The molecule has 0 N–H and O–H groups in total. The number of hydrogen-bond acceptors (Lipinski definition) is 6. The lowest BCUT2D eigenvalue weighted by molar-refractivity contribution is -0.123. The van der Waals surface area contributed by atoms with Crippen LogP contribution in [0.4, 0.5) is 0 Å². The summed E-state index contributed by atoms with van der Waals surface area (Å²) >= 11 is 6.58. The zero-order valence-electron chi connectivity index (χ0n) is 15.2. The van der Waals surface area contributed by atoms with Gasteiger partial charge in [-0.3, -0.25) is 9.69 Å². The van der Waals surface area contributed by atoms with Gasteiger partial charge in [-0.1, -0.05) is 61.9 Å². The van der Waals surface area contributed by atoms with Crippen molar-refractivity contribution in [2.75, 3.05) is 18.1 Å². The molecule has 0 aromatic heterocycles. The Kier molecular flexibility index (Phi) is 6.60. The van der Waals surface area contributed by atoms with E-state index in [0.29, 0.717) is 22.3 Å². The van der Waals surface area contributed by atoms with Gasteiger partial charge in [-0.15, -0.1) is 0 Å². The molecule has 1 aromatic carbocycles. The number of hydrogen-bond donors (Lipinski definition) is 0. The molecule has 2 aliphatic rings. The molecule has 146 valence electrons. The number of rotatable bonds is 7. The Morgan fingerprint density at radius 2 is 2.11 bits per heavy atom. The minimum atomic E-state index is -3.08. The first-order valence-corrected chi connectivity index (χ1v) is 12.1. The Bertz CT molecular complexity index is 863. The highest BCUT2D eigenvalue weighted by molar-refractivity contribution is 8.26. The van der Waals surface area contributed by atoms with E-state index in [4.69, 9.17) is 17.0 Å². The van der Waals surface area contributed by atoms with Crippen molar-refractivity contribution in [2.45, 2.75) is 38.6 Å². The number of sulfone groups is 1. The van der Waals surface area contributed by atoms with E-state index in [1.54, 1.807) is 6.08 Å². The van der Waals surface area contributed by atoms with Gasteiger partial charge in [0.2, 0.25) is 0 Å². The lowest BCUT2D eigenvalue weighted by Gasteiger charge is -2.20. The molecule has 2 heterocycles. The van der Waals surface area contributed by atoms with Gasteiger partial charge in [0, 0.05) is 5.56 Å². The molecule has 2 saturated heterocycles. The van der Waals surface area contributed by atoms with Crippen LogP contribution in [-0.4, -0.2) is 47.7 Å². The van der Waals surface area contributed by atoms with Crippen LogP contribution >= 0.6 is 24.0 Å². The number of amides is 1. The van der Waals surface area contributed by atoms with Gasteiger partial charge in [0.05, 0.1) is 29.1 Å². The molecule has 2 fully saturated rings. The molecule has 27 heavy (non-hydrogen) atoms. The van der Waals surface area contributed by atoms with E-state index < -0.39 is 9.84 Å². The number of thioether (sulfide) groups is 1. The van der Waals surface area contributed by atoms with Gasteiger partial charge in [-0.25, -0.2) is 8.42 Å². The van der Waals surface area contributed by atoms with Crippen molar-refractivity contribution in [1.29, 1.82) is 0 Å². The third-order valence-electron chi connectivity index (χ3n) is 4.61. The van der Waals surface area contributed by atoms with Crippen molar-refractivity contribution in [3.8, 4) is 5.75 Å². The molecular formula is C19H23NO4S3. The van der Waals surface area contributed by atoms with E-state index >= 15 is 0 Å². The molecule has 5 nitrogen and oxygen atoms in total. The number of thiocarbonyl (C=S) groups is 1. The van der Waals surface area contributed by atoms with E-state index in [1.165, 1.54) is 16.7 Å². The summed E-state index contributed by atoms with van der Waals surface area (Å²) in [4.78, 5) is 14.8. The quantitative estimate of drug-likeness (QED) is 0.378. The van der Waals surface area contributed by atoms with Gasteiger partial charge in [-0.05, 0) is 25.0 Å². The van der Waals surface area contributed by atoms with Crippen LogP contribution in [0.5, 0.6) is 5.75 Å². The predicted molar refractivity (Wildman–Crippen MR) is 114 cm³/mol. The SMILES string of the molecule is CCCCCOc1ccccc1C=C1SC(=S)N(C2CCS(=O)(=O)C2)C1=O. The first-order valence-electron chi connectivity index (χ1n) is 9.10. The molecule has 0 saturated carbocycles. The van der Waals surface area contributed by atoms with Crippen molar-refractivity contribution in [3.63, 3.8) is 0 Å².